The highest BCUT2D eigenvalue weighted by Crippen LogP contribution is 2.26. The lowest BCUT2D eigenvalue weighted by molar-refractivity contribution is -0.133. The van der Waals surface area contributed by atoms with Crippen LogP contribution in [0.5, 0.6) is 0 Å². The molecule has 0 aliphatic carbocycles. The largest absolute Gasteiger partial charge is 0.382 e. The normalized spacial score (nSPS) is 16.8. The SMILES string of the molecule is CC(O)(c1ccc(F)cc1)C(F)C(N)=O. The molecule has 82 valence electrons. The van der Waals surface area contributed by atoms with Crippen LogP contribution in [0.3, 0.4) is 0 Å². The van der Waals surface area contributed by atoms with Crippen LogP contribution in [0.4, 0.5) is 8.78 Å². The first-order chi connectivity index (χ1) is 6.85. The third-order valence-corrected chi connectivity index (χ3v) is 2.17. The van der Waals surface area contributed by atoms with E-state index < -0.39 is 23.5 Å². The van der Waals surface area contributed by atoms with Crippen LogP contribution in [0.25, 0.3) is 0 Å². The van der Waals surface area contributed by atoms with Gasteiger partial charge in [0.2, 0.25) is 6.17 Å². The zero-order valence-electron chi connectivity index (χ0n) is 8.08. The van der Waals surface area contributed by atoms with Crippen molar-refractivity contribution in [3.63, 3.8) is 0 Å². The first-order valence-corrected chi connectivity index (χ1v) is 4.27. The highest BCUT2D eigenvalue weighted by Gasteiger charge is 2.38. The number of aliphatic hydroxyl groups is 1. The average molecular weight is 215 g/mol. The highest BCUT2D eigenvalue weighted by molar-refractivity contribution is 5.80. The molecular formula is C10H11F2NO2. The quantitative estimate of drug-likeness (QED) is 0.785. The summed E-state index contributed by atoms with van der Waals surface area (Å²) in [5.74, 6) is -1.77. The topological polar surface area (TPSA) is 63.3 Å². The van der Waals surface area contributed by atoms with Crippen molar-refractivity contribution in [3.05, 3.63) is 35.6 Å². The van der Waals surface area contributed by atoms with Gasteiger partial charge < -0.3 is 10.8 Å². The summed E-state index contributed by atoms with van der Waals surface area (Å²) < 4.78 is 25.8. The number of nitrogens with two attached hydrogens (primary N) is 1. The molecule has 0 heterocycles. The Labute approximate surface area is 85.5 Å². The molecule has 3 N–H and O–H groups in total. The number of primary amides is 1. The van der Waals surface area contributed by atoms with Gasteiger partial charge in [-0.15, -0.1) is 0 Å². The Balaban J connectivity index is 3.05. The van der Waals surface area contributed by atoms with E-state index in [1.54, 1.807) is 0 Å². The molecule has 3 nitrogen and oxygen atoms in total. The molecule has 1 aromatic carbocycles. The molecule has 0 saturated heterocycles. The molecule has 0 fully saturated rings. The van der Waals surface area contributed by atoms with Gasteiger partial charge in [-0.2, -0.15) is 0 Å². The minimum Gasteiger partial charge on any atom is -0.382 e. The number of hydrogen-bond donors (Lipinski definition) is 2. The molecule has 0 spiro atoms. The maximum atomic E-state index is 13.3. The van der Waals surface area contributed by atoms with Crippen LogP contribution in [0.1, 0.15) is 12.5 Å². The summed E-state index contributed by atoms with van der Waals surface area (Å²) in [5, 5.41) is 9.72. The molecule has 0 aromatic heterocycles. The van der Waals surface area contributed by atoms with E-state index in [0.29, 0.717) is 0 Å². The van der Waals surface area contributed by atoms with E-state index in [2.05, 4.69) is 0 Å². The average Bonchev–Trinajstić information content (AvgIpc) is 2.17. The van der Waals surface area contributed by atoms with Gasteiger partial charge in [-0.05, 0) is 24.6 Å². The fourth-order valence-electron chi connectivity index (χ4n) is 1.21. The fraction of sp³-hybridized carbons (Fsp3) is 0.300. The molecule has 0 saturated carbocycles. The Bertz CT molecular complexity index is 362. The number of carbonyl (C=O) groups is 1. The second kappa shape index (κ2) is 3.94. The van der Waals surface area contributed by atoms with Crippen molar-refractivity contribution >= 4 is 5.91 Å². The van der Waals surface area contributed by atoms with E-state index in [-0.39, 0.29) is 5.56 Å². The second-order valence-corrected chi connectivity index (χ2v) is 3.42. The van der Waals surface area contributed by atoms with Crippen LogP contribution in [0, 0.1) is 5.82 Å². The lowest BCUT2D eigenvalue weighted by Crippen LogP contribution is -2.42. The monoisotopic (exact) mass is 215 g/mol. The summed E-state index contributed by atoms with van der Waals surface area (Å²) in [6.45, 7) is 1.11. The van der Waals surface area contributed by atoms with Crippen molar-refractivity contribution in [2.24, 2.45) is 5.73 Å². The minimum absolute atomic E-state index is 0.0928. The molecule has 5 heteroatoms. The highest BCUT2D eigenvalue weighted by atomic mass is 19.1. The van der Waals surface area contributed by atoms with E-state index >= 15 is 0 Å². The zero-order valence-corrected chi connectivity index (χ0v) is 8.08. The number of rotatable bonds is 3. The Morgan fingerprint density at radius 1 is 1.47 bits per heavy atom. The first kappa shape index (κ1) is 11.6. The van der Waals surface area contributed by atoms with Crippen LogP contribution in [0.2, 0.25) is 0 Å². The summed E-state index contributed by atoms with van der Waals surface area (Å²) >= 11 is 0. The predicted molar refractivity (Wildman–Crippen MR) is 50.1 cm³/mol. The van der Waals surface area contributed by atoms with E-state index in [9.17, 15) is 18.7 Å². The summed E-state index contributed by atoms with van der Waals surface area (Å²) in [6, 6.07) is 4.53. The molecule has 15 heavy (non-hydrogen) atoms. The predicted octanol–water partition coefficient (Wildman–Crippen LogP) is 0.857. The number of alkyl halides is 1. The molecule has 1 amide bonds. The van der Waals surface area contributed by atoms with Crippen LogP contribution < -0.4 is 5.73 Å². The summed E-state index contributed by atoms with van der Waals surface area (Å²) in [5.41, 5.74) is 2.79. The van der Waals surface area contributed by atoms with Gasteiger partial charge in [0, 0.05) is 0 Å². The van der Waals surface area contributed by atoms with Crippen molar-refractivity contribution in [2.45, 2.75) is 18.7 Å². The van der Waals surface area contributed by atoms with E-state index in [1.807, 2.05) is 0 Å². The molecule has 0 aliphatic rings. The fourth-order valence-corrected chi connectivity index (χ4v) is 1.21. The van der Waals surface area contributed by atoms with Crippen molar-refractivity contribution in [1.82, 2.24) is 0 Å². The lowest BCUT2D eigenvalue weighted by Gasteiger charge is -2.25. The molecule has 0 bridgehead atoms. The number of benzene rings is 1. The maximum absolute atomic E-state index is 13.3. The van der Waals surface area contributed by atoms with Gasteiger partial charge in [-0.25, -0.2) is 8.78 Å². The molecule has 0 radical (unpaired) electrons. The number of carbonyl (C=O) groups excluding carboxylic acids is 1. The van der Waals surface area contributed by atoms with Gasteiger partial charge >= 0.3 is 0 Å². The Hall–Kier alpha value is -1.49. The van der Waals surface area contributed by atoms with Gasteiger partial charge in [0.15, 0.2) is 0 Å². The maximum Gasteiger partial charge on any atom is 0.255 e. The standard InChI is InChI=1S/C10H11F2NO2/c1-10(15,8(12)9(13)14)6-2-4-7(11)5-3-6/h2-5,8,15H,1H3,(H2,13,14). The third-order valence-electron chi connectivity index (χ3n) is 2.17. The Morgan fingerprint density at radius 3 is 2.33 bits per heavy atom. The lowest BCUT2D eigenvalue weighted by atomic mass is 9.91. The van der Waals surface area contributed by atoms with Crippen molar-refractivity contribution in [2.75, 3.05) is 0 Å². The van der Waals surface area contributed by atoms with Crippen LogP contribution in [-0.4, -0.2) is 17.2 Å². The third kappa shape index (κ3) is 2.30. The van der Waals surface area contributed by atoms with Crippen molar-refractivity contribution < 1.29 is 18.7 Å². The van der Waals surface area contributed by atoms with E-state index in [1.165, 1.54) is 12.1 Å². The zero-order chi connectivity index (χ0) is 11.6. The number of hydrogen-bond acceptors (Lipinski definition) is 2. The Morgan fingerprint density at radius 2 is 1.93 bits per heavy atom. The molecule has 2 unspecified atom stereocenters. The van der Waals surface area contributed by atoms with Crippen LogP contribution in [0.15, 0.2) is 24.3 Å². The minimum atomic E-state index is -2.23. The van der Waals surface area contributed by atoms with Gasteiger partial charge in [-0.3, -0.25) is 4.79 Å². The Kier molecular flexibility index (Phi) is 3.04. The molecule has 0 aliphatic heterocycles. The molecule has 1 aromatic rings. The number of amides is 1. The summed E-state index contributed by atoms with van der Waals surface area (Å²) in [4.78, 5) is 10.6. The van der Waals surface area contributed by atoms with Crippen LogP contribution in [-0.2, 0) is 10.4 Å². The molecule has 1 rings (SSSR count). The van der Waals surface area contributed by atoms with Gasteiger partial charge in [0.1, 0.15) is 11.4 Å². The van der Waals surface area contributed by atoms with Gasteiger partial charge in [0.05, 0.1) is 0 Å². The van der Waals surface area contributed by atoms with Crippen molar-refractivity contribution in [1.29, 1.82) is 0 Å². The van der Waals surface area contributed by atoms with E-state index in [0.717, 1.165) is 19.1 Å². The molecular weight excluding hydrogens is 204 g/mol. The van der Waals surface area contributed by atoms with Gasteiger partial charge in [0.25, 0.3) is 5.91 Å². The number of halogens is 2. The van der Waals surface area contributed by atoms with Crippen molar-refractivity contribution in [3.8, 4) is 0 Å². The first-order valence-electron chi connectivity index (χ1n) is 4.27. The second-order valence-electron chi connectivity index (χ2n) is 3.42. The summed E-state index contributed by atoms with van der Waals surface area (Å²) in [7, 11) is 0. The van der Waals surface area contributed by atoms with E-state index in [4.69, 9.17) is 5.73 Å². The molecule has 2 atom stereocenters. The van der Waals surface area contributed by atoms with Gasteiger partial charge in [-0.1, -0.05) is 12.1 Å². The summed E-state index contributed by atoms with van der Waals surface area (Å²) in [6.07, 6.45) is -2.23. The smallest absolute Gasteiger partial charge is 0.255 e. The van der Waals surface area contributed by atoms with Crippen LogP contribution >= 0.6 is 0 Å².